The molecule has 0 heterocycles. The third-order valence-corrected chi connectivity index (χ3v) is 7.17. The van der Waals surface area contributed by atoms with Crippen LogP contribution < -0.4 is 5.32 Å². The van der Waals surface area contributed by atoms with E-state index in [4.69, 9.17) is 14.6 Å². The summed E-state index contributed by atoms with van der Waals surface area (Å²) in [6, 6.07) is -0.994. The number of carboxylic acids is 1. The zero-order valence-electron chi connectivity index (χ0n) is 28.9. The van der Waals surface area contributed by atoms with Gasteiger partial charge in [-0.25, -0.2) is 4.79 Å². The fraction of sp³-hybridized carbons (Fsp3) is 0.857. The first-order valence-electron chi connectivity index (χ1n) is 17.0. The highest BCUT2D eigenvalue weighted by Gasteiger charge is 2.30. The second kappa shape index (κ2) is 23.0. The molecule has 0 saturated heterocycles. The van der Waals surface area contributed by atoms with Gasteiger partial charge in [0.2, 0.25) is 5.91 Å². The van der Waals surface area contributed by atoms with Gasteiger partial charge in [0.25, 0.3) is 0 Å². The van der Waals surface area contributed by atoms with Crippen molar-refractivity contribution >= 4 is 29.6 Å². The molecule has 0 bridgehead atoms. The highest BCUT2D eigenvalue weighted by molar-refractivity contribution is 5.87. The summed E-state index contributed by atoms with van der Waals surface area (Å²) < 4.78 is 10.9. The average Bonchev–Trinajstić information content (AvgIpc) is 2.89. The number of rotatable bonds is 25. The van der Waals surface area contributed by atoms with Crippen LogP contribution >= 0.6 is 0 Å². The number of ether oxygens (including phenoxy) is 2. The van der Waals surface area contributed by atoms with Crippen LogP contribution in [-0.4, -0.2) is 51.9 Å². The van der Waals surface area contributed by atoms with Gasteiger partial charge in [-0.15, -0.1) is 0 Å². The van der Waals surface area contributed by atoms with E-state index < -0.39 is 41.1 Å². The van der Waals surface area contributed by atoms with Gasteiger partial charge in [0.15, 0.2) is 0 Å². The summed E-state index contributed by atoms with van der Waals surface area (Å²) in [4.78, 5) is 62.1. The molecule has 1 amide bonds. The third kappa shape index (κ3) is 24.9. The molecule has 0 aliphatic rings. The smallest absolute Gasteiger partial charge is 0.329 e. The number of hydrogen-bond donors (Lipinski definition) is 2. The van der Waals surface area contributed by atoms with Crippen LogP contribution in [0, 0.1) is 5.92 Å². The number of carbonyl (C=O) groups is 5. The van der Waals surface area contributed by atoms with Crippen molar-refractivity contribution in [2.75, 3.05) is 0 Å². The molecule has 44 heavy (non-hydrogen) atoms. The molecule has 0 rings (SSSR count). The lowest BCUT2D eigenvalue weighted by Gasteiger charge is -2.25. The zero-order chi connectivity index (χ0) is 33.6. The van der Waals surface area contributed by atoms with Gasteiger partial charge in [-0.3, -0.25) is 19.2 Å². The van der Waals surface area contributed by atoms with Gasteiger partial charge in [-0.05, 0) is 60.8 Å². The van der Waals surface area contributed by atoms with Crippen LogP contribution in [0.15, 0.2) is 0 Å². The fourth-order valence-corrected chi connectivity index (χ4v) is 4.86. The molecule has 9 nitrogen and oxygen atoms in total. The van der Waals surface area contributed by atoms with Crippen molar-refractivity contribution in [2.24, 2.45) is 5.92 Å². The number of nitrogens with one attached hydrogen (secondary N) is 1. The topological polar surface area (TPSA) is 136 Å². The number of carbonyl (C=O) groups excluding carboxylic acids is 4. The monoisotopic (exact) mass is 625 g/mol. The Hall–Kier alpha value is -2.45. The van der Waals surface area contributed by atoms with Crippen LogP contribution in [0.5, 0.6) is 0 Å². The largest absolute Gasteiger partial charge is 0.481 e. The summed E-state index contributed by atoms with van der Waals surface area (Å²) in [5, 5.41) is 11.8. The molecule has 0 saturated carbocycles. The molecule has 0 fully saturated rings. The van der Waals surface area contributed by atoms with Crippen LogP contribution in [0.3, 0.4) is 0 Å². The fourth-order valence-electron chi connectivity index (χ4n) is 4.86. The van der Waals surface area contributed by atoms with Crippen molar-refractivity contribution in [3.05, 3.63) is 0 Å². The second-order valence-electron chi connectivity index (χ2n) is 14.1. The lowest BCUT2D eigenvalue weighted by Crippen LogP contribution is -2.44. The summed E-state index contributed by atoms with van der Waals surface area (Å²) >= 11 is 0. The van der Waals surface area contributed by atoms with Crippen LogP contribution in [-0.2, 0) is 33.4 Å². The maximum Gasteiger partial charge on any atom is 0.329 e. The minimum absolute atomic E-state index is 0.0259. The van der Waals surface area contributed by atoms with Gasteiger partial charge in [0.05, 0.1) is 5.92 Å². The molecular weight excluding hydrogens is 562 g/mol. The standard InChI is InChI=1S/C35H63NO8/c1-8-9-10-11-12-13-14-15-16-17-18-19-20-21-30(38)36-29(33(42)44-35(5,6)7)24-23-28(37)26-27(22-25-31(39)40)32(41)43-34(2,3)4/h27,29H,8-26H2,1-7H3,(H,36,38)(H,39,40)/t27-,29+/m1/s1. The summed E-state index contributed by atoms with van der Waals surface area (Å²) in [5.74, 6) is -3.78. The number of amides is 1. The molecule has 0 aromatic carbocycles. The molecule has 0 aliphatic carbocycles. The Bertz CT molecular complexity index is 856. The van der Waals surface area contributed by atoms with Crippen molar-refractivity contribution in [1.29, 1.82) is 0 Å². The average molecular weight is 626 g/mol. The Balaban J connectivity index is 4.74. The minimum atomic E-state index is -1.07. The summed E-state index contributed by atoms with van der Waals surface area (Å²) in [7, 11) is 0. The number of unbranched alkanes of at least 4 members (excludes halogenated alkanes) is 12. The van der Waals surface area contributed by atoms with E-state index in [0.29, 0.717) is 6.42 Å². The summed E-state index contributed by atoms with van der Waals surface area (Å²) in [6.07, 6.45) is 15.4. The Morgan fingerprint density at radius 2 is 1.07 bits per heavy atom. The first kappa shape index (κ1) is 41.5. The first-order chi connectivity index (χ1) is 20.5. The molecular formula is C35H63NO8. The summed E-state index contributed by atoms with van der Waals surface area (Å²) in [6.45, 7) is 12.5. The van der Waals surface area contributed by atoms with Crippen LogP contribution in [0.4, 0.5) is 0 Å². The molecule has 0 aromatic rings. The number of hydrogen-bond acceptors (Lipinski definition) is 7. The Kier molecular flexibility index (Phi) is 21.7. The van der Waals surface area contributed by atoms with Crippen molar-refractivity contribution in [3.63, 3.8) is 0 Å². The van der Waals surface area contributed by atoms with E-state index in [1.165, 1.54) is 57.8 Å². The van der Waals surface area contributed by atoms with E-state index in [1.807, 2.05) is 0 Å². The van der Waals surface area contributed by atoms with E-state index in [9.17, 15) is 24.0 Å². The lowest BCUT2D eigenvalue weighted by molar-refractivity contribution is -0.162. The highest BCUT2D eigenvalue weighted by atomic mass is 16.6. The van der Waals surface area contributed by atoms with E-state index in [-0.39, 0.29) is 43.8 Å². The molecule has 0 aliphatic heterocycles. The third-order valence-electron chi connectivity index (χ3n) is 7.17. The Morgan fingerprint density at radius 3 is 1.52 bits per heavy atom. The second-order valence-corrected chi connectivity index (χ2v) is 14.1. The minimum Gasteiger partial charge on any atom is -0.481 e. The van der Waals surface area contributed by atoms with Crippen LogP contribution in [0.1, 0.15) is 170 Å². The maximum atomic E-state index is 12.9. The van der Waals surface area contributed by atoms with Gasteiger partial charge in [-0.1, -0.05) is 84.0 Å². The van der Waals surface area contributed by atoms with Gasteiger partial charge in [-0.2, -0.15) is 0 Å². The van der Waals surface area contributed by atoms with Gasteiger partial charge < -0.3 is 19.9 Å². The predicted molar refractivity (Wildman–Crippen MR) is 173 cm³/mol. The first-order valence-corrected chi connectivity index (χ1v) is 17.0. The maximum absolute atomic E-state index is 12.9. The van der Waals surface area contributed by atoms with E-state index in [2.05, 4.69) is 12.2 Å². The molecule has 0 spiro atoms. The van der Waals surface area contributed by atoms with Crippen molar-refractivity contribution < 1.29 is 38.6 Å². The number of Topliss-reactive ketones (excluding diaryl/α,β-unsaturated/α-hetero) is 1. The molecule has 256 valence electrons. The van der Waals surface area contributed by atoms with E-state index >= 15 is 0 Å². The van der Waals surface area contributed by atoms with E-state index in [1.54, 1.807) is 41.5 Å². The van der Waals surface area contributed by atoms with Crippen LogP contribution in [0.25, 0.3) is 0 Å². The molecule has 2 atom stereocenters. The zero-order valence-corrected chi connectivity index (χ0v) is 28.9. The number of esters is 2. The number of ketones is 1. The number of carboxylic acid groups (broad SMARTS) is 1. The Morgan fingerprint density at radius 1 is 0.614 bits per heavy atom. The van der Waals surface area contributed by atoms with Gasteiger partial charge in [0.1, 0.15) is 23.0 Å². The van der Waals surface area contributed by atoms with Gasteiger partial charge in [0, 0.05) is 25.7 Å². The van der Waals surface area contributed by atoms with Crippen LogP contribution in [0.2, 0.25) is 0 Å². The SMILES string of the molecule is CCCCCCCCCCCCCCCC(=O)N[C@@H](CCC(=O)C[C@@H](CCC(=O)O)C(=O)OC(C)(C)C)C(=O)OC(C)(C)C. The van der Waals surface area contributed by atoms with Gasteiger partial charge >= 0.3 is 17.9 Å². The van der Waals surface area contributed by atoms with E-state index in [0.717, 1.165) is 25.7 Å². The number of aliphatic carboxylic acids is 1. The predicted octanol–water partition coefficient (Wildman–Crippen LogP) is 7.86. The highest BCUT2D eigenvalue weighted by Crippen LogP contribution is 2.21. The molecule has 2 N–H and O–H groups in total. The molecule has 0 radical (unpaired) electrons. The van der Waals surface area contributed by atoms with Crippen molar-refractivity contribution in [3.8, 4) is 0 Å². The quantitative estimate of drug-likeness (QED) is 0.0773. The van der Waals surface area contributed by atoms with Crippen molar-refractivity contribution in [1.82, 2.24) is 5.32 Å². The lowest BCUT2D eigenvalue weighted by atomic mass is 9.94. The molecule has 0 aromatic heterocycles. The molecule has 9 heteroatoms. The summed E-state index contributed by atoms with van der Waals surface area (Å²) in [5.41, 5.74) is -1.54. The Labute approximate surface area is 267 Å². The normalized spacial score (nSPS) is 13.2. The molecule has 0 unspecified atom stereocenters. The van der Waals surface area contributed by atoms with Crippen molar-refractivity contribution in [2.45, 2.75) is 188 Å².